The van der Waals surface area contributed by atoms with Crippen LogP contribution >= 0.6 is 27.5 Å². The molecule has 2 nitrogen and oxygen atoms in total. The van der Waals surface area contributed by atoms with Crippen LogP contribution < -0.4 is 5.32 Å². The quantitative estimate of drug-likeness (QED) is 0.817. The first-order chi connectivity index (χ1) is 8.56. The highest BCUT2D eigenvalue weighted by Gasteiger charge is 2.07. The van der Waals surface area contributed by atoms with Crippen LogP contribution in [0.3, 0.4) is 0 Å². The molecule has 0 radical (unpaired) electrons. The van der Waals surface area contributed by atoms with Crippen molar-refractivity contribution in [2.45, 2.75) is 13.0 Å². The second-order valence-corrected chi connectivity index (χ2v) is 5.13. The molecule has 94 valence electrons. The number of halogens is 3. The molecular weight excluding hydrogens is 319 g/mol. The summed E-state index contributed by atoms with van der Waals surface area (Å²) in [6.45, 7) is 1.96. The summed E-state index contributed by atoms with van der Waals surface area (Å²) in [5, 5.41) is 3.65. The predicted octanol–water partition coefficient (Wildman–Crippen LogP) is 4.81. The summed E-state index contributed by atoms with van der Waals surface area (Å²) in [6.07, 6.45) is 1.64. The number of hydrogen-bond acceptors (Lipinski definition) is 2. The summed E-state index contributed by atoms with van der Waals surface area (Å²) in [4.78, 5) is 4.02. The van der Waals surface area contributed by atoms with Crippen molar-refractivity contribution in [1.82, 2.24) is 4.98 Å². The van der Waals surface area contributed by atoms with E-state index in [0.29, 0.717) is 5.15 Å². The van der Waals surface area contributed by atoms with E-state index in [2.05, 4.69) is 26.2 Å². The largest absolute Gasteiger partial charge is 0.377 e. The van der Waals surface area contributed by atoms with Crippen molar-refractivity contribution in [2.24, 2.45) is 0 Å². The Morgan fingerprint density at radius 2 is 2.17 bits per heavy atom. The van der Waals surface area contributed by atoms with Crippen LogP contribution in [-0.2, 0) is 0 Å². The second kappa shape index (κ2) is 5.67. The first-order valence-electron chi connectivity index (χ1n) is 5.39. The molecule has 0 saturated carbocycles. The fourth-order valence-electron chi connectivity index (χ4n) is 1.61. The lowest BCUT2D eigenvalue weighted by Crippen LogP contribution is -2.07. The van der Waals surface area contributed by atoms with Crippen LogP contribution in [0.2, 0.25) is 5.15 Å². The summed E-state index contributed by atoms with van der Waals surface area (Å²) < 4.78 is 13.8. The number of nitrogens with zero attached hydrogens (tertiary/aromatic N) is 1. The number of rotatable bonds is 3. The Balaban J connectivity index is 2.16. The van der Waals surface area contributed by atoms with Gasteiger partial charge in [0, 0.05) is 6.04 Å². The smallest absolute Gasteiger partial charge is 0.143 e. The SMILES string of the molecule is CC(Nc1cnc(Cl)c(Br)c1)c1cccc(F)c1. The first kappa shape index (κ1) is 13.3. The van der Waals surface area contributed by atoms with E-state index >= 15 is 0 Å². The van der Waals surface area contributed by atoms with E-state index in [1.165, 1.54) is 12.1 Å². The molecule has 0 aliphatic heterocycles. The van der Waals surface area contributed by atoms with Crippen molar-refractivity contribution >= 4 is 33.2 Å². The van der Waals surface area contributed by atoms with Crippen LogP contribution in [0.15, 0.2) is 41.0 Å². The molecule has 0 aliphatic rings. The molecule has 0 spiro atoms. The van der Waals surface area contributed by atoms with E-state index in [9.17, 15) is 4.39 Å². The average Bonchev–Trinajstić information content (AvgIpc) is 2.34. The van der Waals surface area contributed by atoms with Crippen molar-refractivity contribution in [2.75, 3.05) is 5.32 Å². The van der Waals surface area contributed by atoms with Crippen molar-refractivity contribution in [1.29, 1.82) is 0 Å². The van der Waals surface area contributed by atoms with Crippen molar-refractivity contribution in [3.05, 3.63) is 57.5 Å². The maximum absolute atomic E-state index is 13.1. The zero-order chi connectivity index (χ0) is 13.1. The predicted molar refractivity (Wildman–Crippen MR) is 75.4 cm³/mol. The van der Waals surface area contributed by atoms with Gasteiger partial charge in [-0.15, -0.1) is 0 Å². The topological polar surface area (TPSA) is 24.9 Å². The Hall–Kier alpha value is -1.13. The minimum absolute atomic E-state index is 0.0180. The summed E-state index contributed by atoms with van der Waals surface area (Å²) in [5.74, 6) is -0.239. The molecule has 18 heavy (non-hydrogen) atoms. The Morgan fingerprint density at radius 1 is 1.39 bits per heavy atom. The molecule has 0 saturated heterocycles. The Labute approximate surface area is 118 Å². The number of pyridine rings is 1. The average molecular weight is 330 g/mol. The molecule has 0 aliphatic carbocycles. The lowest BCUT2D eigenvalue weighted by molar-refractivity contribution is 0.623. The molecule has 0 fully saturated rings. The van der Waals surface area contributed by atoms with Gasteiger partial charge in [0.1, 0.15) is 11.0 Å². The van der Waals surface area contributed by atoms with Crippen molar-refractivity contribution in [3.8, 4) is 0 Å². The van der Waals surface area contributed by atoms with Gasteiger partial charge in [-0.3, -0.25) is 0 Å². The van der Waals surface area contributed by atoms with Gasteiger partial charge in [0.05, 0.1) is 16.4 Å². The molecule has 2 aromatic rings. The van der Waals surface area contributed by atoms with Gasteiger partial charge in [-0.05, 0) is 46.6 Å². The molecular formula is C13H11BrClFN2. The molecule has 1 heterocycles. The van der Waals surface area contributed by atoms with Gasteiger partial charge in [0.25, 0.3) is 0 Å². The van der Waals surface area contributed by atoms with Gasteiger partial charge in [0.15, 0.2) is 0 Å². The van der Waals surface area contributed by atoms with Gasteiger partial charge >= 0.3 is 0 Å². The van der Waals surface area contributed by atoms with Crippen LogP contribution in [0.4, 0.5) is 10.1 Å². The molecule has 0 bridgehead atoms. The summed E-state index contributed by atoms with van der Waals surface area (Å²) in [5.41, 5.74) is 1.70. The lowest BCUT2D eigenvalue weighted by Gasteiger charge is -2.15. The molecule has 1 atom stereocenters. The third kappa shape index (κ3) is 3.21. The fourth-order valence-corrected chi connectivity index (χ4v) is 2.06. The van der Waals surface area contributed by atoms with E-state index < -0.39 is 0 Å². The Bertz CT molecular complexity index is 562. The standard InChI is InChI=1S/C13H11BrClFN2/c1-8(9-3-2-4-10(16)5-9)18-11-6-12(14)13(15)17-7-11/h2-8,18H,1H3. The first-order valence-corrected chi connectivity index (χ1v) is 6.56. The van der Waals surface area contributed by atoms with E-state index in [0.717, 1.165) is 15.7 Å². The minimum Gasteiger partial charge on any atom is -0.377 e. The van der Waals surface area contributed by atoms with Crippen molar-refractivity contribution in [3.63, 3.8) is 0 Å². The highest BCUT2D eigenvalue weighted by Crippen LogP contribution is 2.25. The molecule has 2 rings (SSSR count). The fraction of sp³-hybridized carbons (Fsp3) is 0.154. The van der Waals surface area contributed by atoms with Gasteiger partial charge in [0.2, 0.25) is 0 Å². The van der Waals surface area contributed by atoms with Crippen LogP contribution in [0.25, 0.3) is 0 Å². The number of anilines is 1. The number of aromatic nitrogens is 1. The number of nitrogens with one attached hydrogen (secondary N) is 1. The Kier molecular flexibility index (Phi) is 4.19. The van der Waals surface area contributed by atoms with E-state index in [4.69, 9.17) is 11.6 Å². The van der Waals surface area contributed by atoms with Gasteiger partial charge < -0.3 is 5.32 Å². The molecule has 0 amide bonds. The van der Waals surface area contributed by atoms with Crippen LogP contribution in [0.5, 0.6) is 0 Å². The normalized spacial score (nSPS) is 12.2. The molecule has 1 aromatic heterocycles. The summed E-state index contributed by atoms with van der Waals surface area (Å²) in [6, 6.07) is 8.33. The highest BCUT2D eigenvalue weighted by atomic mass is 79.9. The zero-order valence-electron chi connectivity index (χ0n) is 9.62. The van der Waals surface area contributed by atoms with E-state index in [1.807, 2.05) is 19.1 Å². The monoisotopic (exact) mass is 328 g/mol. The third-order valence-electron chi connectivity index (χ3n) is 2.53. The van der Waals surface area contributed by atoms with Gasteiger partial charge in [-0.1, -0.05) is 23.7 Å². The van der Waals surface area contributed by atoms with Gasteiger partial charge in [-0.2, -0.15) is 0 Å². The third-order valence-corrected chi connectivity index (χ3v) is 3.66. The minimum atomic E-state index is -0.239. The molecule has 1 aromatic carbocycles. The number of benzene rings is 1. The van der Waals surface area contributed by atoms with Crippen LogP contribution in [0, 0.1) is 5.82 Å². The highest BCUT2D eigenvalue weighted by molar-refractivity contribution is 9.10. The summed E-state index contributed by atoms with van der Waals surface area (Å²) in [7, 11) is 0. The van der Waals surface area contributed by atoms with E-state index in [1.54, 1.807) is 12.3 Å². The maximum atomic E-state index is 13.1. The van der Waals surface area contributed by atoms with Crippen molar-refractivity contribution < 1.29 is 4.39 Å². The van der Waals surface area contributed by atoms with Crippen LogP contribution in [0.1, 0.15) is 18.5 Å². The molecule has 5 heteroatoms. The number of hydrogen-bond donors (Lipinski definition) is 1. The molecule has 1 N–H and O–H groups in total. The van der Waals surface area contributed by atoms with E-state index in [-0.39, 0.29) is 11.9 Å². The Morgan fingerprint density at radius 3 is 2.83 bits per heavy atom. The van der Waals surface area contributed by atoms with Crippen LogP contribution in [-0.4, -0.2) is 4.98 Å². The lowest BCUT2D eigenvalue weighted by atomic mass is 10.1. The maximum Gasteiger partial charge on any atom is 0.143 e. The second-order valence-electron chi connectivity index (χ2n) is 3.92. The van der Waals surface area contributed by atoms with Gasteiger partial charge in [-0.25, -0.2) is 9.37 Å². The molecule has 1 unspecified atom stereocenters. The zero-order valence-corrected chi connectivity index (χ0v) is 12.0. The summed E-state index contributed by atoms with van der Waals surface area (Å²) >= 11 is 9.13.